The molecule has 1 aliphatic carbocycles. The molecule has 1 fully saturated rings. The number of hydrogen-bond donors (Lipinski definition) is 1. The van der Waals surface area contributed by atoms with E-state index in [4.69, 9.17) is 4.74 Å². The first-order valence-corrected chi connectivity index (χ1v) is 7.45. The number of hydrogen-bond acceptors (Lipinski definition) is 2. The van der Waals surface area contributed by atoms with Gasteiger partial charge < -0.3 is 9.84 Å². The summed E-state index contributed by atoms with van der Waals surface area (Å²) in [6.07, 6.45) is 7.84. The Hall–Kier alpha value is -1.18. The second-order valence-electron chi connectivity index (χ2n) is 6.71. The minimum atomic E-state index is -0.227. The summed E-state index contributed by atoms with van der Waals surface area (Å²) in [7, 11) is 0. The summed E-state index contributed by atoms with van der Waals surface area (Å²) in [6, 6.07) is 5.54. The molecule has 106 valence electrons. The van der Waals surface area contributed by atoms with E-state index in [1.807, 2.05) is 26.8 Å². The molecule has 0 aliphatic heterocycles. The van der Waals surface area contributed by atoms with Gasteiger partial charge in [0.25, 0.3) is 0 Å². The second kappa shape index (κ2) is 5.85. The number of phenolic OH excluding ortho intramolecular Hbond substituents is 1. The van der Waals surface area contributed by atoms with Crippen molar-refractivity contribution in [2.75, 3.05) is 0 Å². The monoisotopic (exact) mass is 262 g/mol. The maximum absolute atomic E-state index is 9.66. The van der Waals surface area contributed by atoms with E-state index in [2.05, 4.69) is 0 Å². The lowest BCUT2D eigenvalue weighted by atomic mass is 9.84. The van der Waals surface area contributed by atoms with Crippen LogP contribution >= 0.6 is 0 Å². The summed E-state index contributed by atoms with van der Waals surface area (Å²) in [5.74, 6) is 1.91. The zero-order valence-electron chi connectivity index (χ0n) is 12.4. The Morgan fingerprint density at radius 3 is 2.47 bits per heavy atom. The van der Waals surface area contributed by atoms with Crippen molar-refractivity contribution in [1.29, 1.82) is 0 Å². The maximum atomic E-state index is 9.66. The standard InChI is InChI=1S/C17H26O2/c1-17(2,3)19-16-12-15(18)10-9-14(16)11-13-7-5-4-6-8-13/h9-10,12-13,18H,4-8,11H2,1-3H3. The maximum Gasteiger partial charge on any atom is 0.126 e. The molecule has 0 atom stereocenters. The van der Waals surface area contributed by atoms with Crippen LogP contribution in [0.15, 0.2) is 18.2 Å². The molecule has 2 rings (SSSR count). The molecule has 2 nitrogen and oxygen atoms in total. The lowest BCUT2D eigenvalue weighted by Crippen LogP contribution is -2.24. The average molecular weight is 262 g/mol. The van der Waals surface area contributed by atoms with E-state index in [0.717, 1.165) is 18.1 Å². The fourth-order valence-electron chi connectivity index (χ4n) is 2.84. The Balaban J connectivity index is 2.13. The van der Waals surface area contributed by atoms with Crippen LogP contribution in [0.4, 0.5) is 0 Å². The van der Waals surface area contributed by atoms with Gasteiger partial charge in [0.1, 0.15) is 17.1 Å². The molecular formula is C17H26O2. The van der Waals surface area contributed by atoms with E-state index in [1.54, 1.807) is 12.1 Å². The van der Waals surface area contributed by atoms with Gasteiger partial charge in [0.05, 0.1) is 0 Å². The van der Waals surface area contributed by atoms with E-state index in [0.29, 0.717) is 0 Å². The highest BCUT2D eigenvalue weighted by Crippen LogP contribution is 2.33. The van der Waals surface area contributed by atoms with Crippen molar-refractivity contribution in [3.8, 4) is 11.5 Å². The molecule has 0 bridgehead atoms. The molecular weight excluding hydrogens is 236 g/mol. The third kappa shape index (κ3) is 4.45. The highest BCUT2D eigenvalue weighted by molar-refractivity contribution is 5.40. The third-order valence-corrected chi connectivity index (χ3v) is 3.70. The molecule has 1 aliphatic rings. The molecule has 0 amide bonds. The minimum absolute atomic E-state index is 0.227. The smallest absolute Gasteiger partial charge is 0.126 e. The zero-order valence-corrected chi connectivity index (χ0v) is 12.4. The van der Waals surface area contributed by atoms with E-state index in [9.17, 15) is 5.11 Å². The highest BCUT2D eigenvalue weighted by Gasteiger charge is 2.19. The molecule has 2 heteroatoms. The molecule has 1 saturated carbocycles. The number of rotatable bonds is 3. The molecule has 0 spiro atoms. The van der Waals surface area contributed by atoms with Gasteiger partial charge in [-0.1, -0.05) is 38.2 Å². The van der Waals surface area contributed by atoms with Gasteiger partial charge in [-0.05, 0) is 44.7 Å². The largest absolute Gasteiger partial charge is 0.508 e. The number of benzene rings is 1. The second-order valence-corrected chi connectivity index (χ2v) is 6.71. The van der Waals surface area contributed by atoms with Crippen LogP contribution in [-0.2, 0) is 6.42 Å². The van der Waals surface area contributed by atoms with E-state index in [-0.39, 0.29) is 11.4 Å². The van der Waals surface area contributed by atoms with Crippen LogP contribution < -0.4 is 4.74 Å². The number of ether oxygens (including phenoxy) is 1. The first-order valence-electron chi connectivity index (χ1n) is 7.45. The lowest BCUT2D eigenvalue weighted by molar-refractivity contribution is 0.128. The van der Waals surface area contributed by atoms with Crippen LogP contribution in [0.25, 0.3) is 0 Å². The summed E-state index contributed by atoms with van der Waals surface area (Å²) in [5, 5.41) is 9.66. The van der Waals surface area contributed by atoms with Crippen LogP contribution in [0.5, 0.6) is 11.5 Å². The van der Waals surface area contributed by atoms with Crippen molar-refractivity contribution in [1.82, 2.24) is 0 Å². The van der Waals surface area contributed by atoms with Gasteiger partial charge in [-0.2, -0.15) is 0 Å². The summed E-state index contributed by atoms with van der Waals surface area (Å²) in [6.45, 7) is 6.13. The predicted octanol–water partition coefficient (Wildman–Crippen LogP) is 4.69. The Kier molecular flexibility index (Phi) is 4.38. The minimum Gasteiger partial charge on any atom is -0.508 e. The van der Waals surface area contributed by atoms with E-state index >= 15 is 0 Å². The predicted molar refractivity (Wildman–Crippen MR) is 78.8 cm³/mol. The molecule has 19 heavy (non-hydrogen) atoms. The Labute approximate surface area is 116 Å². The van der Waals surface area contributed by atoms with Gasteiger partial charge in [0, 0.05) is 6.07 Å². The fraction of sp³-hybridized carbons (Fsp3) is 0.647. The molecule has 0 unspecified atom stereocenters. The molecule has 0 radical (unpaired) electrons. The average Bonchev–Trinajstić information content (AvgIpc) is 2.32. The van der Waals surface area contributed by atoms with Gasteiger partial charge in [0.2, 0.25) is 0 Å². The van der Waals surface area contributed by atoms with Crippen molar-refractivity contribution in [2.24, 2.45) is 5.92 Å². The Bertz CT molecular complexity index is 412. The molecule has 1 aromatic rings. The highest BCUT2D eigenvalue weighted by atomic mass is 16.5. The lowest BCUT2D eigenvalue weighted by Gasteiger charge is -2.26. The van der Waals surface area contributed by atoms with Crippen molar-refractivity contribution in [2.45, 2.75) is 64.9 Å². The first kappa shape index (κ1) is 14.2. The summed E-state index contributed by atoms with van der Waals surface area (Å²) in [4.78, 5) is 0. The van der Waals surface area contributed by atoms with Crippen molar-refractivity contribution in [3.05, 3.63) is 23.8 Å². The molecule has 1 aromatic carbocycles. The Morgan fingerprint density at radius 2 is 1.84 bits per heavy atom. The quantitative estimate of drug-likeness (QED) is 0.856. The van der Waals surface area contributed by atoms with Gasteiger partial charge >= 0.3 is 0 Å². The number of phenols is 1. The van der Waals surface area contributed by atoms with Crippen molar-refractivity contribution in [3.63, 3.8) is 0 Å². The molecule has 0 aromatic heterocycles. The van der Waals surface area contributed by atoms with Crippen LogP contribution in [0.1, 0.15) is 58.4 Å². The summed E-state index contributed by atoms with van der Waals surface area (Å²) < 4.78 is 6.00. The van der Waals surface area contributed by atoms with Gasteiger partial charge in [-0.25, -0.2) is 0 Å². The summed E-state index contributed by atoms with van der Waals surface area (Å²) in [5.41, 5.74) is 1.01. The van der Waals surface area contributed by atoms with Crippen LogP contribution in [0, 0.1) is 5.92 Å². The fourth-order valence-corrected chi connectivity index (χ4v) is 2.84. The normalized spacial score (nSPS) is 17.4. The molecule has 0 saturated heterocycles. The van der Waals surface area contributed by atoms with Gasteiger partial charge in [0.15, 0.2) is 0 Å². The van der Waals surface area contributed by atoms with E-state index in [1.165, 1.54) is 37.7 Å². The van der Waals surface area contributed by atoms with E-state index < -0.39 is 0 Å². The van der Waals surface area contributed by atoms with Crippen LogP contribution in [-0.4, -0.2) is 10.7 Å². The number of aromatic hydroxyl groups is 1. The van der Waals surface area contributed by atoms with Gasteiger partial charge in [-0.3, -0.25) is 0 Å². The zero-order chi connectivity index (χ0) is 13.9. The Morgan fingerprint density at radius 1 is 1.16 bits per heavy atom. The first-order chi connectivity index (χ1) is 8.94. The van der Waals surface area contributed by atoms with Crippen LogP contribution in [0.2, 0.25) is 0 Å². The van der Waals surface area contributed by atoms with Crippen molar-refractivity contribution >= 4 is 0 Å². The van der Waals surface area contributed by atoms with Crippen LogP contribution in [0.3, 0.4) is 0 Å². The van der Waals surface area contributed by atoms with Crippen molar-refractivity contribution < 1.29 is 9.84 Å². The SMILES string of the molecule is CC(C)(C)Oc1cc(O)ccc1CC1CCCCC1. The third-order valence-electron chi connectivity index (χ3n) is 3.70. The molecule has 0 heterocycles. The van der Waals surface area contributed by atoms with Gasteiger partial charge in [-0.15, -0.1) is 0 Å². The topological polar surface area (TPSA) is 29.5 Å². The summed E-state index contributed by atoms with van der Waals surface area (Å²) >= 11 is 0. The molecule has 1 N–H and O–H groups in total.